The molecule has 13 heavy (non-hydrogen) atoms. The first kappa shape index (κ1) is 8.01. The molecule has 0 radical (unpaired) electrons. The summed E-state index contributed by atoms with van der Waals surface area (Å²) in [6, 6.07) is 7.42. The Morgan fingerprint density at radius 2 is 2.08 bits per heavy atom. The van der Waals surface area contributed by atoms with Crippen molar-refractivity contribution in [2.45, 2.75) is 0 Å². The molecule has 0 spiro atoms. The fourth-order valence-electron chi connectivity index (χ4n) is 1.25. The molecule has 0 bridgehead atoms. The Kier molecular flexibility index (Phi) is 2.10. The topological polar surface area (TPSA) is 32.3 Å². The van der Waals surface area contributed by atoms with Gasteiger partial charge in [0.15, 0.2) is 0 Å². The molecular formula is C10H10N2O. The summed E-state index contributed by atoms with van der Waals surface area (Å²) >= 11 is 0. The van der Waals surface area contributed by atoms with Crippen molar-refractivity contribution in [2.24, 2.45) is 0 Å². The standard InChI is InChI=1S/C10H10N2O/c13-8-9-2-4-10(5-3-9)12-7-1-6-11-12/h1-5,7-8,11H,6H2. The summed E-state index contributed by atoms with van der Waals surface area (Å²) in [6.45, 7) is 0.857. The van der Waals surface area contributed by atoms with Crippen molar-refractivity contribution in [2.75, 3.05) is 11.6 Å². The second-order valence-electron chi connectivity index (χ2n) is 2.83. The maximum atomic E-state index is 10.4. The summed E-state index contributed by atoms with van der Waals surface area (Å²) in [5.41, 5.74) is 4.89. The van der Waals surface area contributed by atoms with Gasteiger partial charge in [0, 0.05) is 18.3 Å². The van der Waals surface area contributed by atoms with Crippen molar-refractivity contribution < 1.29 is 4.79 Å². The lowest BCUT2D eigenvalue weighted by Gasteiger charge is -2.15. The maximum Gasteiger partial charge on any atom is 0.150 e. The Labute approximate surface area is 76.6 Å². The van der Waals surface area contributed by atoms with Crippen LogP contribution in [0.3, 0.4) is 0 Å². The molecule has 2 rings (SSSR count). The highest BCUT2D eigenvalue weighted by Gasteiger charge is 2.04. The van der Waals surface area contributed by atoms with Crippen molar-refractivity contribution in [3.8, 4) is 0 Å². The smallest absolute Gasteiger partial charge is 0.150 e. The molecule has 66 valence electrons. The number of carbonyl (C=O) groups excluding carboxylic acids is 1. The van der Waals surface area contributed by atoms with Crippen LogP contribution in [0.4, 0.5) is 5.69 Å². The highest BCUT2D eigenvalue weighted by Crippen LogP contribution is 2.14. The average Bonchev–Trinajstić information content (AvgIpc) is 2.71. The number of anilines is 1. The summed E-state index contributed by atoms with van der Waals surface area (Å²) in [5, 5.41) is 1.93. The molecule has 3 nitrogen and oxygen atoms in total. The molecule has 0 aromatic heterocycles. The summed E-state index contributed by atoms with van der Waals surface area (Å²) in [4.78, 5) is 10.4. The summed E-state index contributed by atoms with van der Waals surface area (Å²) in [6.07, 6.45) is 4.85. The van der Waals surface area contributed by atoms with Gasteiger partial charge in [0.25, 0.3) is 0 Å². The number of hydrogen-bond acceptors (Lipinski definition) is 3. The molecular weight excluding hydrogens is 164 g/mol. The Balaban J connectivity index is 2.21. The van der Waals surface area contributed by atoms with Gasteiger partial charge in [-0.25, -0.2) is 5.43 Å². The molecule has 1 aromatic carbocycles. The maximum absolute atomic E-state index is 10.4. The number of carbonyl (C=O) groups is 1. The van der Waals surface area contributed by atoms with Crippen LogP contribution >= 0.6 is 0 Å². The molecule has 0 saturated heterocycles. The highest BCUT2D eigenvalue weighted by atomic mass is 16.1. The predicted octanol–water partition coefficient (Wildman–Crippen LogP) is 1.34. The monoisotopic (exact) mass is 174 g/mol. The summed E-state index contributed by atoms with van der Waals surface area (Å²) < 4.78 is 0. The molecule has 1 aliphatic heterocycles. The van der Waals surface area contributed by atoms with Crippen LogP contribution in [0, 0.1) is 0 Å². The zero-order chi connectivity index (χ0) is 9.10. The number of hydrogen-bond donors (Lipinski definition) is 1. The lowest BCUT2D eigenvalue weighted by atomic mass is 10.2. The zero-order valence-corrected chi connectivity index (χ0v) is 7.10. The first-order valence-electron chi connectivity index (χ1n) is 4.15. The van der Waals surface area contributed by atoms with E-state index in [1.807, 2.05) is 29.4 Å². The van der Waals surface area contributed by atoms with Crippen LogP contribution in [0.25, 0.3) is 0 Å². The number of nitrogens with zero attached hydrogens (tertiary/aromatic N) is 1. The third-order valence-electron chi connectivity index (χ3n) is 1.94. The lowest BCUT2D eigenvalue weighted by molar-refractivity contribution is 0.112. The minimum absolute atomic E-state index is 0.701. The minimum Gasteiger partial charge on any atom is -0.298 e. The van der Waals surface area contributed by atoms with E-state index in [-0.39, 0.29) is 0 Å². The molecule has 0 atom stereocenters. The molecule has 0 unspecified atom stereocenters. The third kappa shape index (κ3) is 1.60. The largest absolute Gasteiger partial charge is 0.298 e. The van der Waals surface area contributed by atoms with E-state index >= 15 is 0 Å². The molecule has 1 heterocycles. The lowest BCUT2D eigenvalue weighted by Crippen LogP contribution is -2.27. The van der Waals surface area contributed by atoms with Gasteiger partial charge in [-0.05, 0) is 24.3 Å². The molecule has 0 aliphatic carbocycles. The van der Waals surface area contributed by atoms with Crippen LogP contribution in [0.2, 0.25) is 0 Å². The Morgan fingerprint density at radius 1 is 1.31 bits per heavy atom. The molecule has 0 fully saturated rings. The van der Waals surface area contributed by atoms with Gasteiger partial charge in [-0.15, -0.1) is 0 Å². The van der Waals surface area contributed by atoms with Gasteiger partial charge in [-0.2, -0.15) is 0 Å². The number of benzene rings is 1. The molecule has 0 saturated carbocycles. The van der Waals surface area contributed by atoms with Gasteiger partial charge in [0.1, 0.15) is 6.29 Å². The van der Waals surface area contributed by atoms with Crippen molar-refractivity contribution in [3.63, 3.8) is 0 Å². The van der Waals surface area contributed by atoms with Crippen molar-refractivity contribution in [1.29, 1.82) is 0 Å². The van der Waals surface area contributed by atoms with E-state index in [0.29, 0.717) is 5.56 Å². The molecule has 1 N–H and O–H groups in total. The molecule has 3 heteroatoms. The summed E-state index contributed by atoms with van der Waals surface area (Å²) in [5.74, 6) is 0. The van der Waals surface area contributed by atoms with Gasteiger partial charge >= 0.3 is 0 Å². The van der Waals surface area contributed by atoms with Gasteiger partial charge < -0.3 is 0 Å². The fourth-order valence-corrected chi connectivity index (χ4v) is 1.25. The SMILES string of the molecule is O=Cc1ccc(N2C=CCN2)cc1. The zero-order valence-electron chi connectivity index (χ0n) is 7.10. The Bertz CT molecular complexity index is 329. The van der Waals surface area contributed by atoms with Crippen LogP contribution in [0.1, 0.15) is 10.4 Å². The van der Waals surface area contributed by atoms with E-state index in [1.54, 1.807) is 12.1 Å². The number of nitrogens with one attached hydrogen (secondary N) is 1. The van der Waals surface area contributed by atoms with E-state index in [0.717, 1.165) is 18.5 Å². The van der Waals surface area contributed by atoms with E-state index in [2.05, 4.69) is 5.43 Å². The van der Waals surface area contributed by atoms with Gasteiger partial charge in [-0.1, -0.05) is 6.08 Å². The Hall–Kier alpha value is -1.61. The van der Waals surface area contributed by atoms with Crippen LogP contribution in [-0.2, 0) is 0 Å². The van der Waals surface area contributed by atoms with Crippen LogP contribution in [0.5, 0.6) is 0 Å². The average molecular weight is 174 g/mol. The normalized spacial score (nSPS) is 14.9. The van der Waals surface area contributed by atoms with Crippen molar-refractivity contribution in [3.05, 3.63) is 42.1 Å². The first-order chi connectivity index (χ1) is 6.40. The highest BCUT2D eigenvalue weighted by molar-refractivity contribution is 5.75. The molecule has 1 aromatic rings. The van der Waals surface area contributed by atoms with Crippen molar-refractivity contribution in [1.82, 2.24) is 5.43 Å². The second kappa shape index (κ2) is 3.41. The van der Waals surface area contributed by atoms with Crippen LogP contribution in [-0.4, -0.2) is 12.8 Å². The van der Waals surface area contributed by atoms with E-state index in [9.17, 15) is 4.79 Å². The second-order valence-corrected chi connectivity index (χ2v) is 2.83. The van der Waals surface area contributed by atoms with Crippen LogP contribution in [0.15, 0.2) is 36.5 Å². The van der Waals surface area contributed by atoms with E-state index in [4.69, 9.17) is 0 Å². The van der Waals surface area contributed by atoms with E-state index < -0.39 is 0 Å². The quantitative estimate of drug-likeness (QED) is 0.686. The van der Waals surface area contributed by atoms with Gasteiger partial charge in [0.2, 0.25) is 0 Å². The van der Waals surface area contributed by atoms with Crippen LogP contribution < -0.4 is 10.4 Å². The number of hydrazine groups is 1. The predicted molar refractivity (Wildman–Crippen MR) is 51.5 cm³/mol. The Morgan fingerprint density at radius 3 is 2.62 bits per heavy atom. The number of rotatable bonds is 2. The minimum atomic E-state index is 0.701. The van der Waals surface area contributed by atoms with Gasteiger partial charge in [0.05, 0.1) is 5.69 Å². The molecule has 1 aliphatic rings. The summed E-state index contributed by atoms with van der Waals surface area (Å²) in [7, 11) is 0. The number of aldehydes is 1. The molecule has 0 amide bonds. The van der Waals surface area contributed by atoms with Gasteiger partial charge in [-0.3, -0.25) is 9.80 Å². The van der Waals surface area contributed by atoms with Crippen molar-refractivity contribution >= 4 is 12.0 Å². The van der Waals surface area contributed by atoms with E-state index in [1.165, 1.54) is 0 Å². The fraction of sp³-hybridized carbons (Fsp3) is 0.100. The first-order valence-corrected chi connectivity index (χ1v) is 4.15. The third-order valence-corrected chi connectivity index (χ3v) is 1.94.